The molecule has 0 bridgehead atoms. The Balaban J connectivity index is 0.000000606. The van der Waals surface area contributed by atoms with Crippen LogP contribution in [0.3, 0.4) is 0 Å². The van der Waals surface area contributed by atoms with Gasteiger partial charge in [-0.25, -0.2) is 4.98 Å². The van der Waals surface area contributed by atoms with Crippen molar-refractivity contribution in [2.45, 2.75) is 34.1 Å². The van der Waals surface area contributed by atoms with Gasteiger partial charge in [0.2, 0.25) is 0 Å². The molecule has 0 aliphatic carbocycles. The van der Waals surface area contributed by atoms with E-state index in [0.717, 1.165) is 23.3 Å². The van der Waals surface area contributed by atoms with Crippen LogP contribution in [0.2, 0.25) is 0 Å². The second-order valence-corrected chi connectivity index (χ2v) is 3.39. The molecule has 0 spiro atoms. The van der Waals surface area contributed by atoms with Crippen LogP contribution >= 0.6 is 0 Å². The molecule has 0 saturated carbocycles. The predicted molar refractivity (Wildman–Crippen MR) is 67.8 cm³/mol. The van der Waals surface area contributed by atoms with Gasteiger partial charge in [0.05, 0.1) is 10.9 Å². The summed E-state index contributed by atoms with van der Waals surface area (Å²) < 4.78 is 0. The molecule has 1 heterocycles. The topological polar surface area (TPSA) is 45.8 Å². The normalized spacial score (nSPS) is 9.75. The average molecular weight is 218 g/mol. The highest BCUT2D eigenvalue weighted by Crippen LogP contribution is 2.09. The first-order chi connectivity index (χ1) is 7.70. The number of benzene rings is 1. The number of aromatic amines is 1. The summed E-state index contributed by atoms with van der Waals surface area (Å²) in [6.45, 7) is 7.97. The highest BCUT2D eigenvalue weighted by Gasteiger charge is 2.01. The third-order valence-electron chi connectivity index (χ3n) is 2.25. The number of H-pyrrole nitrogens is 1. The summed E-state index contributed by atoms with van der Waals surface area (Å²) >= 11 is 0. The Labute approximate surface area is 95.5 Å². The van der Waals surface area contributed by atoms with Gasteiger partial charge in [-0.15, -0.1) is 0 Å². The molecule has 0 atom stereocenters. The SMILES string of the molecule is CC.CCc1nc2cc(C)ccc2c(=O)[nH]1. The molecule has 2 rings (SSSR count). The maximum absolute atomic E-state index is 11.6. The van der Waals surface area contributed by atoms with E-state index in [9.17, 15) is 4.79 Å². The summed E-state index contributed by atoms with van der Waals surface area (Å²) in [4.78, 5) is 18.7. The number of aromatic nitrogens is 2. The zero-order valence-corrected chi connectivity index (χ0v) is 10.3. The number of hydrogen-bond acceptors (Lipinski definition) is 2. The van der Waals surface area contributed by atoms with E-state index < -0.39 is 0 Å². The second-order valence-electron chi connectivity index (χ2n) is 3.39. The van der Waals surface area contributed by atoms with E-state index in [1.165, 1.54) is 0 Å². The van der Waals surface area contributed by atoms with Gasteiger partial charge in [0.25, 0.3) is 5.56 Å². The first-order valence-electron chi connectivity index (χ1n) is 5.70. The van der Waals surface area contributed by atoms with Crippen molar-refractivity contribution in [1.29, 1.82) is 0 Å². The molecule has 0 aliphatic heterocycles. The monoisotopic (exact) mass is 218 g/mol. The molecule has 0 radical (unpaired) electrons. The van der Waals surface area contributed by atoms with Crippen LogP contribution in [0, 0.1) is 6.92 Å². The Bertz CT molecular complexity index is 529. The molecule has 0 unspecified atom stereocenters. The van der Waals surface area contributed by atoms with Crippen molar-refractivity contribution in [2.24, 2.45) is 0 Å². The fourth-order valence-corrected chi connectivity index (χ4v) is 1.47. The van der Waals surface area contributed by atoms with E-state index in [4.69, 9.17) is 0 Å². The van der Waals surface area contributed by atoms with E-state index in [1.54, 1.807) is 0 Å². The Morgan fingerprint density at radius 3 is 2.62 bits per heavy atom. The molecule has 3 heteroatoms. The van der Waals surface area contributed by atoms with Crippen molar-refractivity contribution in [2.75, 3.05) is 0 Å². The molecule has 0 amide bonds. The predicted octanol–water partition coefficient (Wildman–Crippen LogP) is 2.82. The van der Waals surface area contributed by atoms with Gasteiger partial charge >= 0.3 is 0 Å². The van der Waals surface area contributed by atoms with Gasteiger partial charge in [0, 0.05) is 6.42 Å². The van der Waals surface area contributed by atoms with Gasteiger partial charge in [-0.05, 0) is 24.6 Å². The van der Waals surface area contributed by atoms with Gasteiger partial charge in [0.1, 0.15) is 5.82 Å². The molecule has 1 aromatic carbocycles. The summed E-state index contributed by atoms with van der Waals surface area (Å²) in [5.74, 6) is 0.744. The Kier molecular flexibility index (Phi) is 4.23. The molecule has 1 aromatic heterocycles. The van der Waals surface area contributed by atoms with Crippen LogP contribution in [-0.2, 0) is 6.42 Å². The molecule has 3 nitrogen and oxygen atoms in total. The fraction of sp³-hybridized carbons (Fsp3) is 0.385. The summed E-state index contributed by atoms with van der Waals surface area (Å²) in [6, 6.07) is 5.67. The number of nitrogens with zero attached hydrogens (tertiary/aromatic N) is 1. The highest BCUT2D eigenvalue weighted by molar-refractivity contribution is 5.78. The van der Waals surface area contributed by atoms with Crippen molar-refractivity contribution >= 4 is 10.9 Å². The van der Waals surface area contributed by atoms with E-state index in [-0.39, 0.29) is 5.56 Å². The molecule has 0 fully saturated rings. The molecular formula is C13H18N2O. The van der Waals surface area contributed by atoms with E-state index in [2.05, 4.69) is 9.97 Å². The number of aryl methyl sites for hydroxylation is 2. The lowest BCUT2D eigenvalue weighted by atomic mass is 10.2. The average Bonchev–Trinajstić information content (AvgIpc) is 2.30. The molecule has 1 N–H and O–H groups in total. The largest absolute Gasteiger partial charge is 0.310 e. The quantitative estimate of drug-likeness (QED) is 0.800. The first-order valence-corrected chi connectivity index (χ1v) is 5.70. The van der Waals surface area contributed by atoms with Crippen molar-refractivity contribution < 1.29 is 0 Å². The Hall–Kier alpha value is -1.64. The van der Waals surface area contributed by atoms with Gasteiger partial charge in [-0.2, -0.15) is 0 Å². The molecule has 0 aliphatic rings. The fourth-order valence-electron chi connectivity index (χ4n) is 1.47. The van der Waals surface area contributed by atoms with Crippen molar-refractivity contribution in [3.63, 3.8) is 0 Å². The summed E-state index contributed by atoms with van der Waals surface area (Å²) in [5, 5.41) is 0.660. The lowest BCUT2D eigenvalue weighted by Gasteiger charge is -2.00. The van der Waals surface area contributed by atoms with Gasteiger partial charge < -0.3 is 4.98 Å². The zero-order valence-electron chi connectivity index (χ0n) is 10.3. The number of rotatable bonds is 1. The Morgan fingerprint density at radius 1 is 1.31 bits per heavy atom. The third kappa shape index (κ3) is 2.48. The second kappa shape index (κ2) is 5.45. The summed E-state index contributed by atoms with van der Waals surface area (Å²) in [7, 11) is 0. The minimum absolute atomic E-state index is 0.0492. The number of nitrogens with one attached hydrogen (secondary N) is 1. The molecule has 86 valence electrons. The van der Waals surface area contributed by atoms with Gasteiger partial charge in [-0.1, -0.05) is 26.8 Å². The molecule has 16 heavy (non-hydrogen) atoms. The van der Waals surface area contributed by atoms with E-state index >= 15 is 0 Å². The highest BCUT2D eigenvalue weighted by atomic mass is 16.1. The minimum atomic E-state index is -0.0492. The number of fused-ring (bicyclic) bond motifs is 1. The van der Waals surface area contributed by atoms with Crippen LogP contribution < -0.4 is 5.56 Å². The zero-order chi connectivity index (χ0) is 12.1. The maximum atomic E-state index is 11.6. The lowest BCUT2D eigenvalue weighted by molar-refractivity contribution is 0.944. The molecule has 2 aromatic rings. The lowest BCUT2D eigenvalue weighted by Crippen LogP contribution is -2.11. The molecule has 0 saturated heterocycles. The minimum Gasteiger partial charge on any atom is -0.310 e. The van der Waals surface area contributed by atoms with Crippen molar-refractivity contribution in [3.8, 4) is 0 Å². The summed E-state index contributed by atoms with van der Waals surface area (Å²) in [6.07, 6.45) is 0.749. The van der Waals surface area contributed by atoms with E-state index in [0.29, 0.717) is 5.39 Å². The molecular weight excluding hydrogens is 200 g/mol. The van der Waals surface area contributed by atoms with Crippen LogP contribution in [0.5, 0.6) is 0 Å². The Morgan fingerprint density at radius 2 is 2.00 bits per heavy atom. The van der Waals surface area contributed by atoms with Crippen molar-refractivity contribution in [1.82, 2.24) is 9.97 Å². The van der Waals surface area contributed by atoms with Gasteiger partial charge in [-0.3, -0.25) is 4.79 Å². The smallest absolute Gasteiger partial charge is 0.258 e. The third-order valence-corrected chi connectivity index (χ3v) is 2.25. The van der Waals surface area contributed by atoms with Crippen LogP contribution in [0.4, 0.5) is 0 Å². The maximum Gasteiger partial charge on any atom is 0.258 e. The summed E-state index contributed by atoms with van der Waals surface area (Å²) in [5.41, 5.74) is 1.86. The van der Waals surface area contributed by atoms with Crippen LogP contribution in [-0.4, -0.2) is 9.97 Å². The number of hydrogen-bond donors (Lipinski definition) is 1. The van der Waals surface area contributed by atoms with E-state index in [1.807, 2.05) is 45.9 Å². The van der Waals surface area contributed by atoms with Crippen LogP contribution in [0.25, 0.3) is 10.9 Å². The van der Waals surface area contributed by atoms with Crippen LogP contribution in [0.1, 0.15) is 32.2 Å². The first kappa shape index (κ1) is 12.4. The standard InChI is InChI=1S/C11H12N2O.C2H6/c1-3-10-12-9-6-7(2)4-5-8(9)11(14)13-10;1-2/h4-6H,3H2,1-2H3,(H,12,13,14);1-2H3. The van der Waals surface area contributed by atoms with Gasteiger partial charge in [0.15, 0.2) is 0 Å². The van der Waals surface area contributed by atoms with Crippen LogP contribution in [0.15, 0.2) is 23.0 Å². The van der Waals surface area contributed by atoms with Crippen molar-refractivity contribution in [3.05, 3.63) is 39.9 Å².